The Morgan fingerprint density at radius 1 is 1.06 bits per heavy atom. The van der Waals surface area contributed by atoms with Crippen LogP contribution < -0.4 is 11.1 Å². The number of benzene rings is 2. The number of nitrogens with two attached hydrogens (primary N) is 1. The molecule has 1 unspecified atom stereocenters. The molecule has 8 nitrogen and oxygen atoms in total. The Bertz CT molecular complexity index is 1060. The quantitative estimate of drug-likeness (QED) is 0.477. The zero-order valence-electron chi connectivity index (χ0n) is 19.6. The number of ketones is 1. The number of hydrogen-bond acceptors (Lipinski definition) is 6. The number of nitrogens with one attached hydrogen (secondary N) is 1. The van der Waals surface area contributed by atoms with Crippen molar-refractivity contribution in [3.63, 3.8) is 0 Å². The SMILES string of the molecule is CC(C)(C)OC(N)=O.CCc1ccc(CCOC(=O)C2C(=O)Nc3cc(Cl)ccc3C2=O)cc1. The topological polar surface area (TPSA) is 125 Å². The Kier molecular flexibility index (Phi) is 9.20. The number of Topliss-reactive ketones (excluding diaryl/α,β-unsaturated/α-hetero) is 1. The minimum Gasteiger partial charge on any atom is -0.464 e. The van der Waals surface area contributed by atoms with Crippen molar-refractivity contribution >= 4 is 41.0 Å². The number of ether oxygens (including phenoxy) is 2. The van der Waals surface area contributed by atoms with Gasteiger partial charge < -0.3 is 20.5 Å². The third-order valence-corrected chi connectivity index (χ3v) is 4.97. The molecule has 0 saturated carbocycles. The summed E-state index contributed by atoms with van der Waals surface area (Å²) in [4.78, 5) is 46.9. The lowest BCUT2D eigenvalue weighted by atomic mass is 9.92. The number of fused-ring (bicyclic) bond motifs is 1. The standard InChI is InChI=1S/C20H18ClNO4.C5H11NO2/c1-2-12-3-5-13(6-4-12)9-10-26-20(25)17-18(23)15-8-7-14(21)11-16(15)22-19(17)24;1-5(2,3)8-4(6)7/h3-8,11,17H,2,9-10H2,1H3,(H,22,24);1-3H3,(H2,6,7). The first-order valence-corrected chi connectivity index (χ1v) is 11.2. The van der Waals surface area contributed by atoms with Gasteiger partial charge in [-0.25, -0.2) is 4.79 Å². The molecule has 3 rings (SSSR count). The van der Waals surface area contributed by atoms with Crippen molar-refractivity contribution in [2.75, 3.05) is 11.9 Å². The van der Waals surface area contributed by atoms with Gasteiger partial charge in [-0.15, -0.1) is 0 Å². The zero-order valence-corrected chi connectivity index (χ0v) is 20.4. The Morgan fingerprint density at radius 3 is 2.21 bits per heavy atom. The summed E-state index contributed by atoms with van der Waals surface area (Å²) in [6.07, 6.45) is 0.753. The minimum absolute atomic E-state index is 0.106. The molecule has 1 aliphatic heterocycles. The van der Waals surface area contributed by atoms with Crippen molar-refractivity contribution in [3.05, 3.63) is 64.2 Å². The monoisotopic (exact) mass is 488 g/mol. The fourth-order valence-electron chi connectivity index (χ4n) is 3.12. The highest BCUT2D eigenvalue weighted by Crippen LogP contribution is 2.29. The molecule has 0 fully saturated rings. The first kappa shape index (κ1) is 26.9. The van der Waals surface area contributed by atoms with Crippen molar-refractivity contribution < 1.29 is 28.7 Å². The second-order valence-corrected chi connectivity index (χ2v) is 9.03. The predicted octanol–water partition coefficient (Wildman–Crippen LogP) is 4.32. The summed E-state index contributed by atoms with van der Waals surface area (Å²) in [6, 6.07) is 12.5. The molecule has 2 aromatic rings. The summed E-state index contributed by atoms with van der Waals surface area (Å²) in [5.41, 5.74) is 7.09. The molecule has 3 N–H and O–H groups in total. The molecule has 2 amide bonds. The van der Waals surface area contributed by atoms with Crippen LogP contribution in [0.4, 0.5) is 10.5 Å². The second-order valence-electron chi connectivity index (χ2n) is 8.60. The third-order valence-electron chi connectivity index (χ3n) is 4.74. The second kappa shape index (κ2) is 11.7. The molecule has 0 spiro atoms. The fourth-order valence-corrected chi connectivity index (χ4v) is 3.30. The molecule has 0 radical (unpaired) electrons. The van der Waals surface area contributed by atoms with Gasteiger partial charge in [0.1, 0.15) is 5.60 Å². The summed E-state index contributed by atoms with van der Waals surface area (Å²) in [5.74, 6) is -3.58. The van der Waals surface area contributed by atoms with Gasteiger partial charge in [-0.1, -0.05) is 42.8 Å². The van der Waals surface area contributed by atoms with Gasteiger partial charge in [0.15, 0.2) is 11.7 Å². The number of hydrogen-bond donors (Lipinski definition) is 2. The molecular formula is C25H29ClN2O6. The first-order chi connectivity index (χ1) is 15.9. The largest absolute Gasteiger partial charge is 0.464 e. The van der Waals surface area contributed by atoms with Gasteiger partial charge in [-0.05, 0) is 56.5 Å². The number of amides is 2. The molecule has 1 atom stereocenters. The maximum absolute atomic E-state index is 12.5. The fraction of sp³-hybridized carbons (Fsp3) is 0.360. The number of carbonyl (C=O) groups is 4. The van der Waals surface area contributed by atoms with Crippen LogP contribution in [0.15, 0.2) is 42.5 Å². The van der Waals surface area contributed by atoms with Crippen LogP contribution in [-0.4, -0.2) is 36.0 Å². The van der Waals surface area contributed by atoms with E-state index in [1.165, 1.54) is 23.8 Å². The van der Waals surface area contributed by atoms with E-state index in [0.29, 0.717) is 17.1 Å². The number of aryl methyl sites for hydroxylation is 1. The Labute approximate surface area is 203 Å². The van der Waals surface area contributed by atoms with E-state index < -0.39 is 35.3 Å². The van der Waals surface area contributed by atoms with Crippen LogP contribution in [-0.2, 0) is 31.9 Å². The maximum Gasteiger partial charge on any atom is 0.405 e. The number of carbonyl (C=O) groups excluding carboxylic acids is 4. The van der Waals surface area contributed by atoms with E-state index in [1.807, 2.05) is 24.3 Å². The maximum atomic E-state index is 12.5. The zero-order chi connectivity index (χ0) is 25.5. The van der Waals surface area contributed by atoms with E-state index in [-0.39, 0.29) is 12.2 Å². The molecule has 0 bridgehead atoms. The number of esters is 1. The van der Waals surface area contributed by atoms with Crippen LogP contribution in [0.25, 0.3) is 0 Å². The highest BCUT2D eigenvalue weighted by Gasteiger charge is 2.41. The number of anilines is 1. The molecule has 9 heteroatoms. The van der Waals surface area contributed by atoms with E-state index in [4.69, 9.17) is 22.1 Å². The van der Waals surface area contributed by atoms with E-state index in [9.17, 15) is 19.2 Å². The lowest BCUT2D eigenvalue weighted by Gasteiger charge is -2.22. The Morgan fingerprint density at radius 2 is 1.68 bits per heavy atom. The van der Waals surface area contributed by atoms with E-state index in [2.05, 4.69) is 17.0 Å². The summed E-state index contributed by atoms with van der Waals surface area (Å²) in [7, 11) is 0. The molecule has 182 valence electrons. The molecule has 1 heterocycles. The van der Waals surface area contributed by atoms with Crippen molar-refractivity contribution in [1.82, 2.24) is 0 Å². The first-order valence-electron chi connectivity index (χ1n) is 10.8. The summed E-state index contributed by atoms with van der Waals surface area (Å²) >= 11 is 5.86. The summed E-state index contributed by atoms with van der Waals surface area (Å²) < 4.78 is 9.75. The number of rotatable bonds is 5. The average Bonchev–Trinajstić information content (AvgIpc) is 2.72. The minimum atomic E-state index is -1.48. The van der Waals surface area contributed by atoms with Gasteiger partial charge in [-0.2, -0.15) is 0 Å². The lowest BCUT2D eigenvalue weighted by Crippen LogP contribution is -2.41. The molecule has 0 aliphatic carbocycles. The van der Waals surface area contributed by atoms with Gasteiger partial charge in [-0.3, -0.25) is 14.4 Å². The molecule has 0 saturated heterocycles. The van der Waals surface area contributed by atoms with E-state index in [1.54, 1.807) is 20.8 Å². The van der Waals surface area contributed by atoms with Crippen molar-refractivity contribution in [2.45, 2.75) is 46.1 Å². The highest BCUT2D eigenvalue weighted by molar-refractivity contribution is 6.33. The average molecular weight is 489 g/mol. The van der Waals surface area contributed by atoms with Crippen LogP contribution in [0.3, 0.4) is 0 Å². The van der Waals surface area contributed by atoms with Gasteiger partial charge in [0.2, 0.25) is 5.91 Å². The van der Waals surface area contributed by atoms with Crippen molar-refractivity contribution in [3.8, 4) is 0 Å². The van der Waals surface area contributed by atoms with Crippen LogP contribution >= 0.6 is 11.6 Å². The molecule has 2 aromatic carbocycles. The molecule has 1 aliphatic rings. The highest BCUT2D eigenvalue weighted by atomic mass is 35.5. The van der Waals surface area contributed by atoms with Gasteiger partial charge >= 0.3 is 12.1 Å². The lowest BCUT2D eigenvalue weighted by molar-refractivity contribution is -0.149. The van der Waals surface area contributed by atoms with Crippen molar-refractivity contribution in [2.24, 2.45) is 11.7 Å². The molecule has 34 heavy (non-hydrogen) atoms. The summed E-state index contributed by atoms with van der Waals surface area (Å²) in [6.45, 7) is 7.47. The molecule has 0 aromatic heterocycles. The van der Waals surface area contributed by atoms with Crippen LogP contribution in [0.1, 0.15) is 49.2 Å². The van der Waals surface area contributed by atoms with E-state index >= 15 is 0 Å². The van der Waals surface area contributed by atoms with Gasteiger partial charge in [0.05, 0.1) is 12.3 Å². The smallest absolute Gasteiger partial charge is 0.405 e. The van der Waals surface area contributed by atoms with Crippen molar-refractivity contribution in [1.29, 1.82) is 0 Å². The predicted molar refractivity (Wildman–Crippen MR) is 129 cm³/mol. The Hall–Kier alpha value is -3.39. The van der Waals surface area contributed by atoms with Gasteiger partial charge in [0, 0.05) is 17.0 Å². The van der Waals surface area contributed by atoms with Crippen LogP contribution in [0.2, 0.25) is 5.02 Å². The number of primary amides is 1. The van der Waals surface area contributed by atoms with Crippen LogP contribution in [0, 0.1) is 5.92 Å². The Balaban J connectivity index is 0.000000440. The summed E-state index contributed by atoms with van der Waals surface area (Å²) in [5, 5.41) is 2.93. The van der Waals surface area contributed by atoms with Crippen LogP contribution in [0.5, 0.6) is 0 Å². The van der Waals surface area contributed by atoms with Gasteiger partial charge in [0.25, 0.3) is 0 Å². The number of halogens is 1. The third kappa shape index (κ3) is 7.88. The molecular weight excluding hydrogens is 460 g/mol. The normalized spacial score (nSPS) is 14.8. The van der Waals surface area contributed by atoms with E-state index in [0.717, 1.165) is 12.0 Å².